The number of piperidine rings is 1. The van der Waals surface area contributed by atoms with Gasteiger partial charge in [0.25, 0.3) is 0 Å². The number of amides is 1. The average Bonchev–Trinajstić information content (AvgIpc) is 3.60. The summed E-state index contributed by atoms with van der Waals surface area (Å²) in [4.78, 5) is 25.6. The Morgan fingerprint density at radius 1 is 0.857 bits per heavy atom. The van der Waals surface area contributed by atoms with E-state index < -0.39 is 5.41 Å². The highest BCUT2D eigenvalue weighted by atomic mass is 16.5. The quantitative estimate of drug-likeness (QED) is 0.155. The molecule has 49 heavy (non-hydrogen) atoms. The van der Waals surface area contributed by atoms with Gasteiger partial charge < -0.3 is 20.1 Å². The number of carbonyl (C=O) groups is 1. The number of hydrogen-bond donors (Lipinski definition) is 1. The lowest BCUT2D eigenvalue weighted by atomic mass is 9.64. The Hall–Kier alpha value is -3.46. The highest BCUT2D eigenvalue weighted by Crippen LogP contribution is 2.43. The molecule has 8 heteroatoms. The fourth-order valence-corrected chi connectivity index (χ4v) is 8.54. The Morgan fingerprint density at radius 2 is 1.47 bits per heavy atom. The van der Waals surface area contributed by atoms with Gasteiger partial charge in [-0.3, -0.25) is 14.6 Å². The van der Waals surface area contributed by atoms with E-state index in [0.29, 0.717) is 18.0 Å². The van der Waals surface area contributed by atoms with Crippen LogP contribution in [0.5, 0.6) is 11.6 Å². The van der Waals surface area contributed by atoms with Crippen molar-refractivity contribution in [3.63, 3.8) is 0 Å². The van der Waals surface area contributed by atoms with Gasteiger partial charge in [-0.2, -0.15) is 0 Å². The van der Waals surface area contributed by atoms with Crippen LogP contribution in [-0.4, -0.2) is 91.2 Å². The second kappa shape index (κ2) is 18.0. The van der Waals surface area contributed by atoms with E-state index in [1.165, 1.54) is 51.5 Å². The highest BCUT2D eigenvalue weighted by molar-refractivity contribution is 5.91. The van der Waals surface area contributed by atoms with Gasteiger partial charge in [-0.05, 0) is 102 Å². The monoisotopic (exact) mass is 669 g/mol. The van der Waals surface area contributed by atoms with Crippen LogP contribution in [-0.2, 0) is 16.8 Å². The van der Waals surface area contributed by atoms with Crippen molar-refractivity contribution in [1.29, 1.82) is 0 Å². The molecule has 0 aliphatic carbocycles. The van der Waals surface area contributed by atoms with Crippen molar-refractivity contribution in [1.82, 2.24) is 19.7 Å². The zero-order valence-electron chi connectivity index (χ0n) is 30.4. The molecular formula is C41H59N5O3. The standard InChI is InChI=1S/C41H59N5O3/c1-32(2)46(36-22-28-45(29-23-36)31-37-38(48-3)20-24-43-39(37)49-4)26-15-7-5-6-14-25-44-27-21-35(30-44)41(40(42)47,33-16-10-8-11-17-33)34-18-12-9-13-19-34/h8-13,16-20,24,32,35-36H,5-7,14-15,21-23,25-31H2,1-4H3,(H2,42,47)/t35-/m1/s1. The number of pyridine rings is 1. The number of carbonyl (C=O) groups excluding carboxylic acids is 1. The fraction of sp³-hybridized carbons (Fsp3) is 0.561. The van der Waals surface area contributed by atoms with Crippen LogP contribution >= 0.6 is 0 Å². The highest BCUT2D eigenvalue weighted by Gasteiger charge is 2.49. The zero-order valence-corrected chi connectivity index (χ0v) is 30.4. The Balaban J connectivity index is 1.04. The maximum absolute atomic E-state index is 13.4. The summed E-state index contributed by atoms with van der Waals surface area (Å²) >= 11 is 0. The molecule has 2 N–H and O–H groups in total. The van der Waals surface area contributed by atoms with Crippen LogP contribution in [0, 0.1) is 5.92 Å². The molecule has 8 nitrogen and oxygen atoms in total. The third-order valence-electron chi connectivity index (χ3n) is 11.1. The summed E-state index contributed by atoms with van der Waals surface area (Å²) in [7, 11) is 3.39. The van der Waals surface area contributed by atoms with E-state index in [4.69, 9.17) is 15.2 Å². The molecule has 0 bridgehead atoms. The van der Waals surface area contributed by atoms with Gasteiger partial charge in [0.1, 0.15) is 11.2 Å². The normalized spacial score (nSPS) is 18.0. The van der Waals surface area contributed by atoms with Crippen molar-refractivity contribution >= 4 is 5.91 Å². The molecule has 0 saturated carbocycles. The van der Waals surface area contributed by atoms with E-state index in [1.807, 2.05) is 42.5 Å². The topological polar surface area (TPSA) is 84.2 Å². The molecule has 2 saturated heterocycles. The Bertz CT molecular complexity index is 1370. The molecule has 1 atom stereocenters. The minimum atomic E-state index is -0.809. The molecule has 0 spiro atoms. The van der Waals surface area contributed by atoms with Gasteiger partial charge in [-0.25, -0.2) is 4.98 Å². The van der Waals surface area contributed by atoms with Crippen molar-refractivity contribution in [2.45, 2.75) is 89.3 Å². The van der Waals surface area contributed by atoms with Crippen LogP contribution in [0.4, 0.5) is 0 Å². The number of benzene rings is 2. The summed E-state index contributed by atoms with van der Waals surface area (Å²) < 4.78 is 11.1. The molecular weight excluding hydrogens is 610 g/mol. The maximum atomic E-state index is 13.4. The molecule has 0 unspecified atom stereocenters. The van der Waals surface area contributed by atoms with Crippen molar-refractivity contribution in [2.24, 2.45) is 11.7 Å². The molecule has 3 aromatic rings. The summed E-state index contributed by atoms with van der Waals surface area (Å²) in [5, 5.41) is 0. The first-order chi connectivity index (χ1) is 23.9. The maximum Gasteiger partial charge on any atom is 0.232 e. The molecule has 1 aromatic heterocycles. The van der Waals surface area contributed by atoms with Crippen molar-refractivity contribution in [3.05, 3.63) is 89.6 Å². The number of unbranched alkanes of at least 4 members (excludes halogenated alkanes) is 4. The summed E-state index contributed by atoms with van der Waals surface area (Å²) in [5.74, 6) is 1.42. The van der Waals surface area contributed by atoms with E-state index in [0.717, 1.165) is 68.1 Å². The molecule has 5 rings (SSSR count). The summed E-state index contributed by atoms with van der Waals surface area (Å²) in [6.45, 7) is 11.8. The van der Waals surface area contributed by atoms with E-state index in [2.05, 4.69) is 57.8 Å². The van der Waals surface area contributed by atoms with E-state index in [9.17, 15) is 4.79 Å². The smallest absolute Gasteiger partial charge is 0.232 e. The first-order valence-electron chi connectivity index (χ1n) is 18.6. The molecule has 2 aliphatic rings. The van der Waals surface area contributed by atoms with E-state index >= 15 is 0 Å². The van der Waals surface area contributed by atoms with Crippen LogP contribution in [0.2, 0.25) is 0 Å². The van der Waals surface area contributed by atoms with Crippen LogP contribution in [0.15, 0.2) is 72.9 Å². The minimum absolute atomic E-state index is 0.157. The molecule has 0 radical (unpaired) electrons. The molecule has 2 aliphatic heterocycles. The second-order valence-corrected chi connectivity index (χ2v) is 14.3. The Labute approximate surface area is 295 Å². The SMILES string of the molecule is COc1ccnc(OC)c1CN1CCC(N(CCCCCCCN2CC[C@@H](C(C(N)=O)(c3ccccc3)c3ccccc3)C2)C(C)C)CC1. The molecule has 266 valence electrons. The predicted molar refractivity (Wildman–Crippen MR) is 198 cm³/mol. The first-order valence-corrected chi connectivity index (χ1v) is 18.6. The molecule has 3 heterocycles. The number of hydrogen-bond acceptors (Lipinski definition) is 7. The van der Waals surface area contributed by atoms with Gasteiger partial charge in [0.15, 0.2) is 0 Å². The summed E-state index contributed by atoms with van der Waals surface area (Å²) in [6, 6.07) is 23.5. The lowest BCUT2D eigenvalue weighted by Gasteiger charge is -2.41. The lowest BCUT2D eigenvalue weighted by Crippen LogP contribution is -2.49. The number of nitrogens with two attached hydrogens (primary N) is 1. The van der Waals surface area contributed by atoms with Gasteiger partial charge >= 0.3 is 0 Å². The second-order valence-electron chi connectivity index (χ2n) is 14.3. The van der Waals surface area contributed by atoms with Gasteiger partial charge in [0, 0.05) is 31.4 Å². The zero-order chi connectivity index (χ0) is 34.6. The molecule has 2 fully saturated rings. The molecule has 1 amide bonds. The Kier molecular flexibility index (Phi) is 13.5. The third kappa shape index (κ3) is 8.83. The first kappa shape index (κ1) is 36.8. The van der Waals surface area contributed by atoms with Crippen LogP contribution in [0.1, 0.15) is 81.9 Å². The van der Waals surface area contributed by atoms with Crippen molar-refractivity contribution < 1.29 is 14.3 Å². The van der Waals surface area contributed by atoms with Gasteiger partial charge in [-0.15, -0.1) is 0 Å². The van der Waals surface area contributed by atoms with Crippen LogP contribution < -0.4 is 15.2 Å². The number of nitrogens with zero attached hydrogens (tertiary/aromatic N) is 4. The number of primary amides is 1. The van der Waals surface area contributed by atoms with Crippen LogP contribution in [0.3, 0.4) is 0 Å². The lowest BCUT2D eigenvalue weighted by molar-refractivity contribution is -0.123. The minimum Gasteiger partial charge on any atom is -0.496 e. The average molecular weight is 670 g/mol. The van der Waals surface area contributed by atoms with E-state index in [-0.39, 0.29) is 11.8 Å². The predicted octanol–water partition coefficient (Wildman–Crippen LogP) is 6.52. The van der Waals surface area contributed by atoms with Gasteiger partial charge in [-0.1, -0.05) is 79.9 Å². The molecule has 2 aromatic carbocycles. The number of methoxy groups -OCH3 is 2. The van der Waals surface area contributed by atoms with Crippen LogP contribution in [0.25, 0.3) is 0 Å². The van der Waals surface area contributed by atoms with Crippen molar-refractivity contribution in [3.8, 4) is 11.6 Å². The van der Waals surface area contributed by atoms with E-state index in [1.54, 1.807) is 20.4 Å². The van der Waals surface area contributed by atoms with Gasteiger partial charge in [0.2, 0.25) is 11.8 Å². The number of ether oxygens (including phenoxy) is 2. The summed E-state index contributed by atoms with van der Waals surface area (Å²) in [6.07, 6.45) is 11.3. The largest absolute Gasteiger partial charge is 0.496 e. The number of likely N-dealkylation sites (tertiary alicyclic amines) is 2. The van der Waals surface area contributed by atoms with Gasteiger partial charge in [0.05, 0.1) is 19.8 Å². The summed E-state index contributed by atoms with van der Waals surface area (Å²) in [5.41, 5.74) is 8.54. The fourth-order valence-electron chi connectivity index (χ4n) is 8.54. The van der Waals surface area contributed by atoms with Crippen molar-refractivity contribution in [2.75, 3.05) is 53.5 Å². The Morgan fingerprint density at radius 3 is 2.06 bits per heavy atom. The number of rotatable bonds is 18. The number of aromatic nitrogens is 1. The third-order valence-corrected chi connectivity index (χ3v) is 11.1.